The third kappa shape index (κ3) is 1.44. The van der Waals surface area contributed by atoms with Crippen LogP contribution in [0.25, 0.3) is 0 Å². The lowest BCUT2D eigenvalue weighted by Gasteiger charge is -2.34. The van der Waals surface area contributed by atoms with Crippen LogP contribution in [0.2, 0.25) is 0 Å². The summed E-state index contributed by atoms with van der Waals surface area (Å²) in [6.45, 7) is 8.35. The van der Waals surface area contributed by atoms with Crippen LogP contribution < -0.4 is 0 Å². The lowest BCUT2D eigenvalue weighted by atomic mass is 9.93. The topological polar surface area (TPSA) is 24.8 Å². The van der Waals surface area contributed by atoms with Gasteiger partial charge in [0, 0.05) is 6.08 Å². The Bertz CT molecular complexity index is 545. The van der Waals surface area contributed by atoms with Crippen LogP contribution in [0.3, 0.4) is 0 Å². The second kappa shape index (κ2) is 3.45. The minimum Gasteiger partial charge on any atom is -0.407 e. The highest BCUT2D eigenvalue weighted by Gasteiger charge is 2.54. The van der Waals surface area contributed by atoms with E-state index in [-0.39, 0.29) is 11.2 Å². The van der Waals surface area contributed by atoms with Crippen LogP contribution in [-0.4, -0.2) is 22.0 Å². The summed E-state index contributed by atoms with van der Waals surface area (Å²) in [5.74, 6) is 0.918. The summed E-state index contributed by atoms with van der Waals surface area (Å²) >= 11 is 0. The Morgan fingerprint density at radius 1 is 1.11 bits per heavy atom. The quantitative estimate of drug-likeness (QED) is 0.755. The fourth-order valence-corrected chi connectivity index (χ4v) is 2.94. The maximum Gasteiger partial charge on any atom is 0.166 e. The van der Waals surface area contributed by atoms with Gasteiger partial charge in [0.1, 0.15) is 5.76 Å². The van der Waals surface area contributed by atoms with E-state index in [0.29, 0.717) is 0 Å². The van der Waals surface area contributed by atoms with Crippen molar-refractivity contribution < 1.29 is 4.84 Å². The van der Waals surface area contributed by atoms with Gasteiger partial charge < -0.3 is 4.84 Å². The zero-order valence-corrected chi connectivity index (χ0v) is 11.3. The van der Waals surface area contributed by atoms with Gasteiger partial charge in [-0.2, -0.15) is 0 Å². The van der Waals surface area contributed by atoms with Gasteiger partial charge in [0.15, 0.2) is 5.66 Å². The standard InChI is InChI=1S/C15H18N2O/c1-11-10-15(4)16-13(12-8-6-5-7-9-12)14(2,3)17(15)18-11/h5-10H,1-4H3. The predicted molar refractivity (Wildman–Crippen MR) is 72.1 cm³/mol. The molecule has 1 unspecified atom stereocenters. The van der Waals surface area contributed by atoms with Gasteiger partial charge in [-0.05, 0) is 33.3 Å². The number of allylic oxidation sites excluding steroid dienone is 1. The molecule has 0 N–H and O–H groups in total. The van der Waals surface area contributed by atoms with Crippen LogP contribution in [0.5, 0.6) is 0 Å². The molecule has 0 radical (unpaired) electrons. The van der Waals surface area contributed by atoms with E-state index in [1.54, 1.807) is 0 Å². The van der Waals surface area contributed by atoms with E-state index in [1.807, 2.05) is 30.2 Å². The number of hydrogen-bond donors (Lipinski definition) is 0. The van der Waals surface area contributed by atoms with Crippen LogP contribution in [0.15, 0.2) is 47.2 Å². The highest BCUT2D eigenvalue weighted by atomic mass is 16.7. The number of nitrogens with zero attached hydrogens (tertiary/aromatic N) is 2. The van der Waals surface area contributed by atoms with E-state index in [0.717, 1.165) is 17.0 Å². The largest absolute Gasteiger partial charge is 0.407 e. The van der Waals surface area contributed by atoms with Crippen LogP contribution in [0.4, 0.5) is 0 Å². The summed E-state index contributed by atoms with van der Waals surface area (Å²) in [6.07, 6.45) is 2.07. The molecule has 0 fully saturated rings. The van der Waals surface area contributed by atoms with Gasteiger partial charge in [0.25, 0.3) is 0 Å². The average Bonchev–Trinajstić information content (AvgIpc) is 2.72. The van der Waals surface area contributed by atoms with Crippen molar-refractivity contribution in [1.29, 1.82) is 0 Å². The smallest absolute Gasteiger partial charge is 0.166 e. The zero-order valence-electron chi connectivity index (χ0n) is 11.3. The van der Waals surface area contributed by atoms with Gasteiger partial charge in [-0.25, -0.2) is 0 Å². The summed E-state index contributed by atoms with van der Waals surface area (Å²) in [6, 6.07) is 10.3. The van der Waals surface area contributed by atoms with Crippen molar-refractivity contribution in [2.24, 2.45) is 4.99 Å². The molecule has 1 atom stereocenters. The second-order valence-corrected chi connectivity index (χ2v) is 5.62. The first-order valence-electron chi connectivity index (χ1n) is 6.27. The molecule has 1 aromatic rings. The molecule has 0 saturated heterocycles. The maximum atomic E-state index is 5.84. The van der Waals surface area contributed by atoms with Gasteiger partial charge in [-0.1, -0.05) is 30.3 Å². The molecule has 1 aromatic carbocycles. The summed E-state index contributed by atoms with van der Waals surface area (Å²) in [7, 11) is 0. The second-order valence-electron chi connectivity index (χ2n) is 5.62. The molecular formula is C15H18N2O. The van der Waals surface area contributed by atoms with E-state index in [1.165, 1.54) is 0 Å². The normalized spacial score (nSPS) is 29.6. The molecular weight excluding hydrogens is 224 g/mol. The monoisotopic (exact) mass is 242 g/mol. The van der Waals surface area contributed by atoms with E-state index < -0.39 is 0 Å². The average molecular weight is 242 g/mol. The fraction of sp³-hybridized carbons (Fsp3) is 0.400. The fourth-order valence-electron chi connectivity index (χ4n) is 2.94. The Balaban J connectivity index is 2.12. The Hall–Kier alpha value is -1.61. The SMILES string of the molecule is CC1=CC2(C)N=C(c3ccccc3)C(C)(C)N2O1. The molecule has 2 aliphatic heterocycles. The summed E-state index contributed by atoms with van der Waals surface area (Å²) in [5.41, 5.74) is 1.63. The van der Waals surface area contributed by atoms with Crippen molar-refractivity contribution in [2.75, 3.05) is 0 Å². The molecule has 0 amide bonds. The van der Waals surface area contributed by atoms with Crippen LogP contribution in [0, 0.1) is 0 Å². The highest BCUT2D eigenvalue weighted by Crippen LogP contribution is 2.43. The minimum absolute atomic E-state index is 0.232. The molecule has 0 aliphatic carbocycles. The minimum atomic E-state index is -0.376. The van der Waals surface area contributed by atoms with Crippen molar-refractivity contribution in [1.82, 2.24) is 5.06 Å². The summed E-state index contributed by atoms with van der Waals surface area (Å²) in [4.78, 5) is 10.7. The Kier molecular flexibility index (Phi) is 2.20. The first-order chi connectivity index (χ1) is 8.43. The van der Waals surface area contributed by atoms with Crippen molar-refractivity contribution in [2.45, 2.75) is 38.9 Å². The number of rotatable bonds is 1. The summed E-state index contributed by atoms with van der Waals surface area (Å²) < 4.78 is 0. The van der Waals surface area contributed by atoms with E-state index in [9.17, 15) is 0 Å². The third-order valence-electron chi connectivity index (χ3n) is 3.60. The Morgan fingerprint density at radius 2 is 1.78 bits per heavy atom. The number of benzene rings is 1. The molecule has 2 aliphatic rings. The molecule has 2 heterocycles. The Morgan fingerprint density at radius 3 is 2.39 bits per heavy atom. The van der Waals surface area contributed by atoms with E-state index >= 15 is 0 Å². The van der Waals surface area contributed by atoms with E-state index in [2.05, 4.69) is 39.0 Å². The van der Waals surface area contributed by atoms with Gasteiger partial charge in [-0.15, -0.1) is 5.06 Å². The van der Waals surface area contributed by atoms with Gasteiger partial charge in [0.05, 0.1) is 11.3 Å². The molecule has 94 valence electrons. The molecule has 3 rings (SSSR count). The molecule has 0 spiro atoms. The van der Waals surface area contributed by atoms with Gasteiger partial charge in [-0.3, -0.25) is 4.99 Å². The van der Waals surface area contributed by atoms with Gasteiger partial charge >= 0.3 is 0 Å². The number of hydrogen-bond acceptors (Lipinski definition) is 3. The van der Waals surface area contributed by atoms with Crippen molar-refractivity contribution in [3.63, 3.8) is 0 Å². The van der Waals surface area contributed by atoms with Crippen molar-refractivity contribution >= 4 is 5.71 Å². The van der Waals surface area contributed by atoms with E-state index in [4.69, 9.17) is 9.83 Å². The number of hydroxylamine groups is 2. The van der Waals surface area contributed by atoms with Crippen molar-refractivity contribution in [3.05, 3.63) is 47.7 Å². The molecule has 3 heteroatoms. The molecule has 0 aromatic heterocycles. The van der Waals surface area contributed by atoms with Crippen molar-refractivity contribution in [3.8, 4) is 0 Å². The first kappa shape index (κ1) is 11.5. The van der Waals surface area contributed by atoms with Crippen LogP contribution in [0.1, 0.15) is 33.3 Å². The van der Waals surface area contributed by atoms with Crippen LogP contribution >= 0.6 is 0 Å². The lowest BCUT2D eigenvalue weighted by molar-refractivity contribution is -0.175. The molecule has 18 heavy (non-hydrogen) atoms. The molecule has 0 bridgehead atoms. The zero-order chi connectivity index (χ0) is 13.0. The molecule has 3 nitrogen and oxygen atoms in total. The Labute approximate surface area is 108 Å². The predicted octanol–water partition coefficient (Wildman–Crippen LogP) is 3.14. The number of aliphatic imine (C=N–C) groups is 1. The maximum absolute atomic E-state index is 5.84. The van der Waals surface area contributed by atoms with Crippen LogP contribution in [-0.2, 0) is 4.84 Å². The van der Waals surface area contributed by atoms with Gasteiger partial charge in [0.2, 0.25) is 0 Å². The highest BCUT2D eigenvalue weighted by molar-refractivity contribution is 6.08. The number of fused-ring (bicyclic) bond motifs is 1. The third-order valence-corrected chi connectivity index (χ3v) is 3.60. The first-order valence-corrected chi connectivity index (χ1v) is 6.27. The summed E-state index contributed by atoms with van der Waals surface area (Å²) in [5, 5.41) is 1.98. The lowest BCUT2D eigenvalue weighted by Crippen LogP contribution is -2.49. The molecule has 0 saturated carbocycles.